The Bertz CT molecular complexity index is 1540. The highest BCUT2D eigenvalue weighted by Gasteiger charge is 2.28. The van der Waals surface area contributed by atoms with Gasteiger partial charge in [0.05, 0.1) is 28.5 Å². The van der Waals surface area contributed by atoms with Crippen molar-refractivity contribution in [1.82, 2.24) is 34.7 Å². The predicted octanol–water partition coefficient (Wildman–Crippen LogP) is 2.34. The molecule has 0 radical (unpaired) electrons. The Morgan fingerprint density at radius 1 is 1.03 bits per heavy atom. The maximum atomic E-state index is 13.2. The number of aromatic nitrogens is 5. The molecule has 0 spiro atoms. The fourth-order valence-corrected chi connectivity index (χ4v) is 5.38. The molecule has 0 saturated carbocycles. The van der Waals surface area contributed by atoms with E-state index in [0.717, 1.165) is 67.1 Å². The first-order valence-electron chi connectivity index (χ1n) is 12.8. The molecule has 37 heavy (non-hydrogen) atoms. The van der Waals surface area contributed by atoms with Crippen molar-refractivity contribution >= 4 is 33.7 Å². The van der Waals surface area contributed by atoms with Gasteiger partial charge in [-0.15, -0.1) is 0 Å². The van der Waals surface area contributed by atoms with Gasteiger partial charge in [-0.1, -0.05) is 0 Å². The lowest BCUT2D eigenvalue weighted by Gasteiger charge is -2.34. The molecule has 4 aromatic rings. The van der Waals surface area contributed by atoms with E-state index in [2.05, 4.69) is 42.8 Å². The Hall–Kier alpha value is -3.92. The van der Waals surface area contributed by atoms with E-state index in [9.17, 15) is 9.59 Å². The van der Waals surface area contributed by atoms with Crippen molar-refractivity contribution in [1.29, 1.82) is 0 Å². The van der Waals surface area contributed by atoms with Gasteiger partial charge in [0.2, 0.25) is 5.43 Å². The number of fused-ring (bicyclic) bond motifs is 2. The summed E-state index contributed by atoms with van der Waals surface area (Å²) in [5.41, 5.74) is 4.90. The van der Waals surface area contributed by atoms with Gasteiger partial charge >= 0.3 is 0 Å². The van der Waals surface area contributed by atoms with Crippen molar-refractivity contribution in [3.63, 3.8) is 0 Å². The topological polar surface area (TPSA) is 111 Å². The van der Waals surface area contributed by atoms with Crippen molar-refractivity contribution in [3.05, 3.63) is 64.1 Å². The third kappa shape index (κ3) is 4.42. The molecular weight excluding hydrogens is 468 g/mol. The summed E-state index contributed by atoms with van der Waals surface area (Å²) in [7, 11) is 2.15. The second-order valence-corrected chi connectivity index (χ2v) is 10.1. The van der Waals surface area contributed by atoms with Crippen LogP contribution in [0.3, 0.4) is 0 Å². The number of piperidine rings is 1. The number of piperazine rings is 1. The van der Waals surface area contributed by atoms with Crippen molar-refractivity contribution in [2.75, 3.05) is 51.2 Å². The molecule has 0 unspecified atom stereocenters. The van der Waals surface area contributed by atoms with Gasteiger partial charge in [-0.25, -0.2) is 15.0 Å². The number of nitrogens with zero attached hydrogens (tertiary/aromatic N) is 7. The quantitative estimate of drug-likeness (QED) is 0.458. The molecule has 1 amide bonds. The third-order valence-electron chi connectivity index (χ3n) is 7.63. The number of hydrogen-bond donors (Lipinski definition) is 1. The number of nitrogens with one attached hydrogen (secondary N) is 1. The standard InChI is InChI=1S/C27H30N8O2/c1-17-3-4-20-25(36)21(15-29-26(20)32-17)27(37)35-7-5-18(6-8-35)23-24-22(30-16-31-23)13-19(14-28-24)34-11-9-33(2)10-12-34/h3-4,13-16,18H,5-12H2,1-2H3,(H,29,32,36). The smallest absolute Gasteiger partial charge is 0.259 e. The van der Waals surface area contributed by atoms with Crippen LogP contribution in [0, 0.1) is 6.92 Å². The van der Waals surface area contributed by atoms with Crippen LogP contribution in [-0.4, -0.2) is 86.9 Å². The molecular formula is C27H30N8O2. The monoisotopic (exact) mass is 498 g/mol. The van der Waals surface area contributed by atoms with Crippen LogP contribution in [0.5, 0.6) is 0 Å². The summed E-state index contributed by atoms with van der Waals surface area (Å²) in [5, 5.41) is 0.431. The fraction of sp³-hybridized carbons (Fsp3) is 0.407. The zero-order valence-electron chi connectivity index (χ0n) is 21.1. The fourth-order valence-electron chi connectivity index (χ4n) is 5.38. The average molecular weight is 499 g/mol. The molecule has 10 heteroatoms. The van der Waals surface area contributed by atoms with E-state index in [1.54, 1.807) is 23.4 Å². The Labute approximate surface area is 214 Å². The minimum absolute atomic E-state index is 0.155. The van der Waals surface area contributed by atoms with Crippen LogP contribution in [-0.2, 0) is 0 Å². The van der Waals surface area contributed by atoms with Crippen LogP contribution >= 0.6 is 0 Å². The summed E-state index contributed by atoms with van der Waals surface area (Å²) >= 11 is 0. The van der Waals surface area contributed by atoms with Crippen LogP contribution in [0.15, 0.2) is 41.7 Å². The molecule has 190 valence electrons. The number of H-pyrrole nitrogens is 1. The largest absolute Gasteiger partial charge is 0.368 e. The van der Waals surface area contributed by atoms with E-state index < -0.39 is 0 Å². The van der Waals surface area contributed by atoms with Crippen LogP contribution in [0.1, 0.15) is 40.5 Å². The van der Waals surface area contributed by atoms with E-state index in [-0.39, 0.29) is 22.8 Å². The lowest BCUT2D eigenvalue weighted by atomic mass is 9.92. The van der Waals surface area contributed by atoms with E-state index in [1.807, 2.05) is 13.1 Å². The SMILES string of the molecule is Cc1ccc2c(=O)c(C(=O)N3CCC(c4ncnc5cc(N6CCN(C)CC6)cnc45)CC3)c[nH]c2n1. The van der Waals surface area contributed by atoms with Gasteiger partial charge in [-0.05, 0) is 45.0 Å². The molecule has 0 bridgehead atoms. The molecule has 0 atom stereocenters. The van der Waals surface area contributed by atoms with Gasteiger partial charge in [-0.2, -0.15) is 0 Å². The highest BCUT2D eigenvalue weighted by atomic mass is 16.2. The van der Waals surface area contributed by atoms with Crippen LogP contribution in [0.2, 0.25) is 0 Å². The Kier molecular flexibility index (Phi) is 6.03. The van der Waals surface area contributed by atoms with E-state index >= 15 is 0 Å². The number of anilines is 1. The van der Waals surface area contributed by atoms with Crippen molar-refractivity contribution in [2.45, 2.75) is 25.7 Å². The summed E-state index contributed by atoms with van der Waals surface area (Å²) in [6, 6.07) is 5.62. The van der Waals surface area contributed by atoms with Crippen molar-refractivity contribution in [3.8, 4) is 0 Å². The number of hydrogen-bond acceptors (Lipinski definition) is 8. The van der Waals surface area contributed by atoms with Crippen LogP contribution < -0.4 is 10.3 Å². The van der Waals surface area contributed by atoms with Crippen molar-refractivity contribution < 1.29 is 4.79 Å². The summed E-state index contributed by atoms with van der Waals surface area (Å²) in [6.07, 6.45) is 6.56. The molecule has 2 fully saturated rings. The highest BCUT2D eigenvalue weighted by Crippen LogP contribution is 2.31. The number of carbonyl (C=O) groups excluding carboxylic acids is 1. The van der Waals surface area contributed by atoms with Gasteiger partial charge in [0.25, 0.3) is 5.91 Å². The number of aromatic amines is 1. The number of aryl methyl sites for hydroxylation is 1. The van der Waals surface area contributed by atoms with E-state index in [4.69, 9.17) is 4.98 Å². The van der Waals surface area contributed by atoms with Gasteiger partial charge in [0.15, 0.2) is 0 Å². The zero-order chi connectivity index (χ0) is 25.5. The molecule has 4 aromatic heterocycles. The van der Waals surface area contributed by atoms with Crippen molar-refractivity contribution in [2.24, 2.45) is 0 Å². The number of carbonyl (C=O) groups is 1. The number of amides is 1. The van der Waals surface area contributed by atoms with Crippen LogP contribution in [0.4, 0.5) is 5.69 Å². The minimum atomic E-state index is -0.282. The molecule has 2 aliphatic heterocycles. The van der Waals surface area contributed by atoms with Gasteiger partial charge < -0.3 is 19.7 Å². The van der Waals surface area contributed by atoms with Gasteiger partial charge in [0.1, 0.15) is 23.1 Å². The van der Waals surface area contributed by atoms with Gasteiger partial charge in [0, 0.05) is 57.1 Å². The van der Waals surface area contributed by atoms with Crippen LogP contribution in [0.25, 0.3) is 22.1 Å². The number of likely N-dealkylation sites (tertiary alicyclic amines) is 1. The molecule has 0 aromatic carbocycles. The number of rotatable bonds is 3. The lowest BCUT2D eigenvalue weighted by molar-refractivity contribution is 0.0711. The van der Waals surface area contributed by atoms with Gasteiger partial charge in [-0.3, -0.25) is 14.6 Å². The molecule has 2 aliphatic rings. The molecule has 6 rings (SSSR count). The Balaban J connectivity index is 1.18. The maximum Gasteiger partial charge on any atom is 0.259 e. The average Bonchev–Trinajstić information content (AvgIpc) is 2.93. The maximum absolute atomic E-state index is 13.2. The highest BCUT2D eigenvalue weighted by molar-refractivity contribution is 5.96. The Morgan fingerprint density at radius 3 is 2.59 bits per heavy atom. The third-order valence-corrected chi connectivity index (χ3v) is 7.63. The first kappa shape index (κ1) is 23.5. The summed E-state index contributed by atoms with van der Waals surface area (Å²) < 4.78 is 0. The number of pyridine rings is 3. The van der Waals surface area contributed by atoms with E-state index in [1.165, 1.54) is 6.20 Å². The predicted molar refractivity (Wildman–Crippen MR) is 142 cm³/mol. The first-order valence-corrected chi connectivity index (χ1v) is 12.8. The lowest BCUT2D eigenvalue weighted by Crippen LogP contribution is -2.44. The summed E-state index contributed by atoms with van der Waals surface area (Å²) in [5.74, 6) is -0.0664. The normalized spacial score (nSPS) is 17.6. The zero-order valence-corrected chi connectivity index (χ0v) is 21.1. The van der Waals surface area contributed by atoms with E-state index in [0.29, 0.717) is 24.1 Å². The molecule has 0 aliphatic carbocycles. The summed E-state index contributed by atoms with van der Waals surface area (Å²) in [4.78, 5) is 53.9. The number of likely N-dealkylation sites (N-methyl/N-ethyl adjacent to an activating group) is 1. The summed E-state index contributed by atoms with van der Waals surface area (Å²) in [6.45, 7) is 6.99. The molecule has 1 N–H and O–H groups in total. The molecule has 2 saturated heterocycles. The second kappa shape index (κ2) is 9.51. The molecule has 10 nitrogen and oxygen atoms in total. The Morgan fingerprint density at radius 2 is 1.81 bits per heavy atom. The molecule has 6 heterocycles. The minimum Gasteiger partial charge on any atom is -0.368 e. The second-order valence-electron chi connectivity index (χ2n) is 10.1. The first-order chi connectivity index (χ1) is 18.0.